The minimum Gasteiger partial charge on any atom is -0.481 e. The minimum absolute atomic E-state index is 0.227. The van der Waals surface area contributed by atoms with Crippen molar-refractivity contribution in [1.82, 2.24) is 4.90 Å². The highest BCUT2D eigenvalue weighted by atomic mass is 79.9. The first-order chi connectivity index (χ1) is 9.88. The lowest BCUT2D eigenvalue weighted by molar-refractivity contribution is -0.143. The van der Waals surface area contributed by atoms with E-state index >= 15 is 0 Å². The molecule has 1 heterocycles. The van der Waals surface area contributed by atoms with Crippen LogP contribution in [0.2, 0.25) is 0 Å². The molecule has 21 heavy (non-hydrogen) atoms. The molecule has 1 aromatic rings. The van der Waals surface area contributed by atoms with Gasteiger partial charge in [0, 0.05) is 23.2 Å². The van der Waals surface area contributed by atoms with Gasteiger partial charge in [0.2, 0.25) is 0 Å². The lowest BCUT2D eigenvalue weighted by atomic mass is 9.99. The number of carbonyl (C=O) groups is 2. The number of carboxylic acid groups (broad SMARTS) is 1. The molecular weight excluding hydrogens is 336 g/mol. The smallest absolute Gasteiger partial charge is 0.321 e. The predicted molar refractivity (Wildman–Crippen MR) is 84.6 cm³/mol. The molecule has 5 nitrogen and oxygen atoms in total. The number of hydrogen-bond donors (Lipinski definition) is 2. The maximum Gasteiger partial charge on any atom is 0.321 e. The molecule has 1 atom stereocenters. The molecule has 1 aliphatic rings. The quantitative estimate of drug-likeness (QED) is 0.854. The SMILES string of the molecule is Cc1cc(Br)cc(C)c1NC(=O)N1CCCC(C(=O)O)C1. The van der Waals surface area contributed by atoms with E-state index in [2.05, 4.69) is 21.2 Å². The molecule has 0 aliphatic carbocycles. The molecule has 1 aliphatic heterocycles. The molecule has 1 unspecified atom stereocenters. The highest BCUT2D eigenvalue weighted by molar-refractivity contribution is 9.10. The predicted octanol–water partition coefficient (Wildman–Crippen LogP) is 3.39. The molecule has 0 aromatic heterocycles. The van der Waals surface area contributed by atoms with Crippen molar-refractivity contribution in [3.8, 4) is 0 Å². The van der Waals surface area contributed by atoms with Crippen molar-refractivity contribution in [2.45, 2.75) is 26.7 Å². The second kappa shape index (κ2) is 6.47. The molecule has 1 saturated heterocycles. The molecule has 2 amide bonds. The van der Waals surface area contributed by atoms with Gasteiger partial charge in [0.25, 0.3) is 0 Å². The second-order valence-electron chi connectivity index (χ2n) is 5.47. The average molecular weight is 355 g/mol. The molecule has 0 radical (unpaired) electrons. The zero-order valence-corrected chi connectivity index (χ0v) is 13.7. The third-order valence-corrected chi connectivity index (χ3v) is 4.25. The highest BCUT2D eigenvalue weighted by Gasteiger charge is 2.28. The average Bonchev–Trinajstić information content (AvgIpc) is 2.42. The maximum absolute atomic E-state index is 12.3. The fraction of sp³-hybridized carbons (Fsp3) is 0.467. The summed E-state index contributed by atoms with van der Waals surface area (Å²) in [7, 11) is 0. The topological polar surface area (TPSA) is 69.6 Å². The van der Waals surface area contributed by atoms with Crippen LogP contribution < -0.4 is 5.32 Å². The van der Waals surface area contributed by atoms with Gasteiger partial charge in [0.15, 0.2) is 0 Å². The minimum atomic E-state index is -0.830. The van der Waals surface area contributed by atoms with Crippen LogP contribution in [0.15, 0.2) is 16.6 Å². The Bertz CT molecular complexity index is 551. The van der Waals surface area contributed by atoms with Gasteiger partial charge in [0.05, 0.1) is 5.92 Å². The first-order valence-electron chi connectivity index (χ1n) is 6.94. The largest absolute Gasteiger partial charge is 0.481 e. The molecule has 114 valence electrons. The van der Waals surface area contributed by atoms with Crippen molar-refractivity contribution < 1.29 is 14.7 Å². The fourth-order valence-corrected chi connectivity index (χ4v) is 3.34. The van der Waals surface area contributed by atoms with E-state index in [1.807, 2.05) is 26.0 Å². The molecule has 6 heteroatoms. The zero-order valence-electron chi connectivity index (χ0n) is 12.1. The number of halogens is 1. The van der Waals surface area contributed by atoms with Crippen LogP contribution in [0.5, 0.6) is 0 Å². The number of piperidine rings is 1. The van der Waals surface area contributed by atoms with Crippen molar-refractivity contribution in [1.29, 1.82) is 0 Å². The van der Waals surface area contributed by atoms with Crippen LogP contribution >= 0.6 is 15.9 Å². The second-order valence-corrected chi connectivity index (χ2v) is 6.38. The van der Waals surface area contributed by atoms with Crippen molar-refractivity contribution in [2.24, 2.45) is 5.92 Å². The van der Waals surface area contributed by atoms with Crippen LogP contribution in [0, 0.1) is 19.8 Å². The van der Waals surface area contributed by atoms with Gasteiger partial charge < -0.3 is 15.3 Å². The molecule has 2 N–H and O–H groups in total. The van der Waals surface area contributed by atoms with E-state index in [9.17, 15) is 9.59 Å². The standard InChI is InChI=1S/C15H19BrN2O3/c1-9-6-12(16)7-10(2)13(9)17-15(21)18-5-3-4-11(8-18)14(19)20/h6-7,11H,3-5,8H2,1-2H3,(H,17,21)(H,19,20). The number of amides is 2. The lowest BCUT2D eigenvalue weighted by Gasteiger charge is -2.31. The first-order valence-corrected chi connectivity index (χ1v) is 7.73. The summed E-state index contributed by atoms with van der Waals surface area (Å²) in [6.07, 6.45) is 1.36. The summed E-state index contributed by atoms with van der Waals surface area (Å²) in [5, 5.41) is 12.0. The van der Waals surface area contributed by atoms with E-state index in [0.717, 1.165) is 27.7 Å². The number of benzene rings is 1. The van der Waals surface area contributed by atoms with Crippen LogP contribution in [0.25, 0.3) is 0 Å². The van der Waals surface area contributed by atoms with Crippen LogP contribution in [0.4, 0.5) is 10.5 Å². The van der Waals surface area contributed by atoms with Gasteiger partial charge in [-0.1, -0.05) is 15.9 Å². The number of likely N-dealkylation sites (tertiary alicyclic amines) is 1. The number of nitrogens with zero attached hydrogens (tertiary/aromatic N) is 1. The number of anilines is 1. The number of urea groups is 1. The van der Waals surface area contributed by atoms with Crippen LogP contribution in [0.3, 0.4) is 0 Å². The van der Waals surface area contributed by atoms with E-state index in [1.165, 1.54) is 0 Å². The van der Waals surface area contributed by atoms with Crippen LogP contribution in [0.1, 0.15) is 24.0 Å². The van der Waals surface area contributed by atoms with E-state index in [4.69, 9.17) is 5.11 Å². The number of carbonyl (C=O) groups excluding carboxylic acids is 1. The Balaban J connectivity index is 2.10. The molecule has 1 fully saturated rings. The van der Waals surface area contributed by atoms with E-state index in [-0.39, 0.29) is 12.6 Å². The third-order valence-electron chi connectivity index (χ3n) is 3.79. The molecule has 0 spiro atoms. The summed E-state index contributed by atoms with van der Waals surface area (Å²) in [5.74, 6) is -1.29. The Kier molecular flexibility index (Phi) is 4.88. The Hall–Kier alpha value is -1.56. The maximum atomic E-state index is 12.3. The Labute approximate surface area is 132 Å². The normalized spacial score (nSPS) is 18.4. The van der Waals surface area contributed by atoms with E-state index in [1.54, 1.807) is 4.90 Å². The van der Waals surface area contributed by atoms with Crippen molar-refractivity contribution in [3.05, 3.63) is 27.7 Å². The fourth-order valence-electron chi connectivity index (χ4n) is 2.66. The van der Waals surface area contributed by atoms with E-state index in [0.29, 0.717) is 13.0 Å². The molecular formula is C15H19BrN2O3. The number of hydrogen-bond acceptors (Lipinski definition) is 2. The Morgan fingerprint density at radius 1 is 1.33 bits per heavy atom. The van der Waals surface area contributed by atoms with Gasteiger partial charge in [-0.25, -0.2) is 4.79 Å². The van der Waals surface area contributed by atoms with Crippen LogP contribution in [-0.4, -0.2) is 35.1 Å². The van der Waals surface area contributed by atoms with Gasteiger partial charge >= 0.3 is 12.0 Å². The highest BCUT2D eigenvalue weighted by Crippen LogP contribution is 2.26. The number of aryl methyl sites for hydroxylation is 2. The van der Waals surface area contributed by atoms with Crippen LogP contribution in [-0.2, 0) is 4.79 Å². The summed E-state index contributed by atoms with van der Waals surface area (Å²) < 4.78 is 0.972. The summed E-state index contributed by atoms with van der Waals surface area (Å²) >= 11 is 3.43. The van der Waals surface area contributed by atoms with Gasteiger partial charge in [-0.15, -0.1) is 0 Å². The molecule has 0 bridgehead atoms. The van der Waals surface area contributed by atoms with Crippen molar-refractivity contribution >= 4 is 33.6 Å². The number of nitrogens with one attached hydrogen (secondary N) is 1. The molecule has 1 aromatic carbocycles. The first kappa shape index (κ1) is 15.8. The number of aliphatic carboxylic acids is 1. The molecule has 2 rings (SSSR count). The molecule has 0 saturated carbocycles. The number of rotatable bonds is 2. The van der Waals surface area contributed by atoms with Gasteiger partial charge in [-0.3, -0.25) is 4.79 Å². The monoisotopic (exact) mass is 354 g/mol. The van der Waals surface area contributed by atoms with E-state index < -0.39 is 11.9 Å². The Morgan fingerprint density at radius 2 is 1.95 bits per heavy atom. The zero-order chi connectivity index (χ0) is 15.6. The summed E-state index contributed by atoms with van der Waals surface area (Å²) in [6, 6.07) is 3.66. The third kappa shape index (κ3) is 3.75. The van der Waals surface area contributed by atoms with Crippen molar-refractivity contribution in [3.63, 3.8) is 0 Å². The van der Waals surface area contributed by atoms with Crippen molar-refractivity contribution in [2.75, 3.05) is 18.4 Å². The van der Waals surface area contributed by atoms with Gasteiger partial charge in [-0.05, 0) is 49.9 Å². The summed E-state index contributed by atoms with van der Waals surface area (Å²) in [6.45, 7) is 4.74. The Morgan fingerprint density at radius 3 is 2.52 bits per heavy atom. The van der Waals surface area contributed by atoms with Gasteiger partial charge in [0.1, 0.15) is 0 Å². The van der Waals surface area contributed by atoms with Gasteiger partial charge in [-0.2, -0.15) is 0 Å². The summed E-state index contributed by atoms with van der Waals surface area (Å²) in [5.41, 5.74) is 2.74. The summed E-state index contributed by atoms with van der Waals surface area (Å²) in [4.78, 5) is 25.0. The lowest BCUT2D eigenvalue weighted by Crippen LogP contribution is -2.44. The number of carboxylic acids is 1.